The van der Waals surface area contributed by atoms with Gasteiger partial charge in [0.2, 0.25) is 0 Å². The molecule has 0 spiro atoms. The van der Waals surface area contributed by atoms with Crippen LogP contribution in [0.5, 0.6) is 11.5 Å². The number of hydrogen-bond acceptors (Lipinski definition) is 5. The van der Waals surface area contributed by atoms with Crippen molar-refractivity contribution in [3.63, 3.8) is 0 Å². The van der Waals surface area contributed by atoms with Crippen molar-refractivity contribution in [3.8, 4) is 11.5 Å². The van der Waals surface area contributed by atoms with Gasteiger partial charge in [0.05, 0.1) is 5.02 Å². The molecule has 0 heterocycles. The molecule has 1 amide bonds. The lowest BCUT2D eigenvalue weighted by Gasteiger charge is -2.22. The zero-order valence-corrected chi connectivity index (χ0v) is 22.3. The molecule has 9 heteroatoms. The quantitative estimate of drug-likeness (QED) is 0.298. The summed E-state index contributed by atoms with van der Waals surface area (Å²) in [4.78, 5) is 23.3. The molecule has 1 unspecified atom stereocenters. The van der Waals surface area contributed by atoms with Crippen molar-refractivity contribution in [1.82, 2.24) is 10.6 Å². The van der Waals surface area contributed by atoms with Crippen LogP contribution in [-0.2, 0) is 16.0 Å². The van der Waals surface area contributed by atoms with Gasteiger partial charge in [0.15, 0.2) is 0 Å². The van der Waals surface area contributed by atoms with Gasteiger partial charge in [0.1, 0.15) is 23.1 Å². The molecular weight excluding hydrogens is 491 g/mol. The molecule has 2 aromatic carbocycles. The minimum absolute atomic E-state index is 0.228. The summed E-state index contributed by atoms with van der Waals surface area (Å²) in [7, 11) is 0. The number of benzene rings is 2. The molecular formula is C26H34Cl2N2O5. The van der Waals surface area contributed by atoms with Gasteiger partial charge in [-0.05, 0) is 114 Å². The van der Waals surface area contributed by atoms with Crippen LogP contribution in [0.2, 0.25) is 10.0 Å². The Morgan fingerprint density at radius 3 is 2.37 bits per heavy atom. The van der Waals surface area contributed by atoms with Gasteiger partial charge >= 0.3 is 12.1 Å². The van der Waals surface area contributed by atoms with Crippen LogP contribution in [0.3, 0.4) is 0 Å². The largest absolute Gasteiger partial charge is 0.480 e. The fourth-order valence-corrected chi connectivity index (χ4v) is 3.73. The predicted molar refractivity (Wildman–Crippen MR) is 139 cm³/mol. The van der Waals surface area contributed by atoms with Crippen LogP contribution in [-0.4, -0.2) is 41.9 Å². The zero-order chi connectivity index (χ0) is 26.2. The minimum atomic E-state index is -1.11. The molecule has 192 valence electrons. The number of carbonyl (C=O) groups excluding carboxylic acids is 1. The fraction of sp³-hybridized carbons (Fsp3) is 0.462. The molecule has 0 aliphatic heterocycles. The summed E-state index contributed by atoms with van der Waals surface area (Å²) in [5, 5.41) is 16.1. The van der Waals surface area contributed by atoms with Crippen LogP contribution in [0.4, 0.5) is 4.79 Å². The van der Waals surface area contributed by atoms with E-state index in [0.717, 1.165) is 23.1 Å². The third kappa shape index (κ3) is 9.96. The molecule has 0 bridgehead atoms. The summed E-state index contributed by atoms with van der Waals surface area (Å²) < 4.78 is 11.2. The van der Waals surface area contributed by atoms with Gasteiger partial charge in [0, 0.05) is 5.02 Å². The first-order valence-electron chi connectivity index (χ1n) is 11.5. The number of aryl methyl sites for hydroxylation is 3. The molecule has 3 N–H and O–H groups in total. The average molecular weight is 525 g/mol. The normalized spacial score (nSPS) is 12.2. The van der Waals surface area contributed by atoms with E-state index in [0.29, 0.717) is 41.1 Å². The van der Waals surface area contributed by atoms with Gasteiger partial charge in [-0.3, -0.25) is 0 Å². The Hall–Kier alpha value is -2.48. The summed E-state index contributed by atoms with van der Waals surface area (Å²) in [6.07, 6.45) is 0.950. The van der Waals surface area contributed by atoms with Gasteiger partial charge < -0.3 is 25.2 Å². The second-order valence-corrected chi connectivity index (χ2v) is 10.2. The van der Waals surface area contributed by atoms with E-state index in [9.17, 15) is 14.7 Å². The molecule has 0 saturated heterocycles. The van der Waals surface area contributed by atoms with Crippen LogP contribution >= 0.6 is 23.2 Å². The van der Waals surface area contributed by atoms with E-state index in [2.05, 4.69) is 10.6 Å². The highest BCUT2D eigenvalue weighted by molar-refractivity contribution is 6.32. The van der Waals surface area contributed by atoms with Gasteiger partial charge in [-0.25, -0.2) is 9.59 Å². The lowest BCUT2D eigenvalue weighted by atomic mass is 10.1. The molecule has 0 fully saturated rings. The molecule has 35 heavy (non-hydrogen) atoms. The Balaban J connectivity index is 1.87. The highest BCUT2D eigenvalue weighted by atomic mass is 35.5. The standard InChI is InChI=1S/C26H34Cl2N2O5/c1-16-13-20(28)23(14-17(16)2)34-22-9-8-19(27)15-18(22)7-6-11-29-12-10-21(24(31)32)30-25(33)35-26(3,4)5/h8-9,13-15,21,29H,6-7,10-12H2,1-5H3,(H,30,33)(H,31,32). The number of nitrogens with one attached hydrogen (secondary N) is 2. The van der Waals surface area contributed by atoms with Crippen LogP contribution in [0.25, 0.3) is 0 Å². The monoisotopic (exact) mass is 524 g/mol. The van der Waals surface area contributed by atoms with Gasteiger partial charge in [0.25, 0.3) is 0 Å². The van der Waals surface area contributed by atoms with E-state index >= 15 is 0 Å². The number of carboxylic acid groups (broad SMARTS) is 1. The molecule has 1 atom stereocenters. The number of ether oxygens (including phenoxy) is 2. The van der Waals surface area contributed by atoms with Crippen molar-refractivity contribution in [3.05, 3.63) is 57.1 Å². The van der Waals surface area contributed by atoms with E-state index in [4.69, 9.17) is 32.7 Å². The third-order valence-electron chi connectivity index (χ3n) is 5.19. The van der Waals surface area contributed by atoms with Crippen LogP contribution in [0.15, 0.2) is 30.3 Å². The van der Waals surface area contributed by atoms with Crippen molar-refractivity contribution in [1.29, 1.82) is 0 Å². The first kappa shape index (κ1) is 28.8. The number of rotatable bonds is 11. The second kappa shape index (κ2) is 13.0. The maximum Gasteiger partial charge on any atom is 0.408 e. The topological polar surface area (TPSA) is 96.9 Å². The summed E-state index contributed by atoms with van der Waals surface area (Å²) in [5.41, 5.74) is 2.43. The summed E-state index contributed by atoms with van der Waals surface area (Å²) in [6, 6.07) is 8.24. The maximum atomic E-state index is 11.9. The van der Waals surface area contributed by atoms with Gasteiger partial charge in [-0.1, -0.05) is 23.2 Å². The number of carboxylic acids is 1. The van der Waals surface area contributed by atoms with Crippen molar-refractivity contribution in [2.45, 2.75) is 65.5 Å². The molecule has 7 nitrogen and oxygen atoms in total. The van der Waals surface area contributed by atoms with E-state index in [1.807, 2.05) is 38.1 Å². The Morgan fingerprint density at radius 1 is 1.03 bits per heavy atom. The van der Waals surface area contributed by atoms with Crippen LogP contribution < -0.4 is 15.4 Å². The zero-order valence-electron chi connectivity index (χ0n) is 20.8. The van der Waals surface area contributed by atoms with Crippen molar-refractivity contribution in [2.75, 3.05) is 13.1 Å². The first-order chi connectivity index (χ1) is 16.4. The number of carbonyl (C=O) groups is 2. The van der Waals surface area contributed by atoms with E-state index in [-0.39, 0.29) is 6.42 Å². The fourth-order valence-electron chi connectivity index (χ4n) is 3.28. The lowest BCUT2D eigenvalue weighted by Crippen LogP contribution is -2.44. The van der Waals surface area contributed by atoms with Crippen LogP contribution in [0, 0.1) is 13.8 Å². The number of aliphatic carboxylic acids is 1. The summed E-state index contributed by atoms with van der Waals surface area (Å²) in [5.74, 6) is 0.170. The number of hydrogen-bond donors (Lipinski definition) is 3. The smallest absolute Gasteiger partial charge is 0.408 e. The molecule has 0 radical (unpaired) electrons. The molecule has 0 saturated carbocycles. The average Bonchev–Trinajstić information content (AvgIpc) is 2.73. The summed E-state index contributed by atoms with van der Waals surface area (Å²) in [6.45, 7) is 10.2. The Labute approximate surface area is 217 Å². The number of alkyl carbamates (subject to hydrolysis) is 1. The number of amides is 1. The SMILES string of the molecule is Cc1cc(Cl)c(Oc2ccc(Cl)cc2CCCNCCC(NC(=O)OC(C)(C)C)C(=O)O)cc1C. The molecule has 0 aromatic heterocycles. The number of halogens is 2. The highest BCUT2D eigenvalue weighted by Gasteiger charge is 2.23. The first-order valence-corrected chi connectivity index (χ1v) is 12.3. The minimum Gasteiger partial charge on any atom is -0.480 e. The third-order valence-corrected chi connectivity index (χ3v) is 5.72. The Morgan fingerprint density at radius 2 is 1.71 bits per heavy atom. The van der Waals surface area contributed by atoms with E-state index in [1.165, 1.54) is 0 Å². The van der Waals surface area contributed by atoms with Crippen molar-refractivity contribution in [2.24, 2.45) is 0 Å². The van der Waals surface area contributed by atoms with Crippen molar-refractivity contribution < 1.29 is 24.2 Å². The second-order valence-electron chi connectivity index (χ2n) is 9.40. The van der Waals surface area contributed by atoms with Crippen molar-refractivity contribution >= 4 is 35.3 Å². The Bertz CT molecular complexity index is 1040. The highest BCUT2D eigenvalue weighted by Crippen LogP contribution is 2.34. The lowest BCUT2D eigenvalue weighted by molar-refractivity contribution is -0.139. The Kier molecular flexibility index (Phi) is 10.7. The van der Waals surface area contributed by atoms with Gasteiger partial charge in [-0.2, -0.15) is 0 Å². The van der Waals surface area contributed by atoms with E-state index < -0.39 is 23.7 Å². The van der Waals surface area contributed by atoms with E-state index in [1.54, 1.807) is 26.8 Å². The van der Waals surface area contributed by atoms with Crippen LogP contribution in [0.1, 0.15) is 50.3 Å². The molecule has 0 aliphatic rings. The van der Waals surface area contributed by atoms with Gasteiger partial charge in [-0.15, -0.1) is 0 Å². The molecule has 2 aromatic rings. The molecule has 2 rings (SSSR count). The predicted octanol–water partition coefficient (Wildman–Crippen LogP) is 6.29. The summed E-state index contributed by atoms with van der Waals surface area (Å²) >= 11 is 12.6. The maximum absolute atomic E-state index is 11.9. The molecule has 0 aliphatic carbocycles.